The largest absolute Gasteiger partial charge is 0.454 e. The maximum Gasteiger partial charge on any atom is 0.338 e. The lowest BCUT2D eigenvalue weighted by Gasteiger charge is -2.35. The Labute approximate surface area is 165 Å². The molecule has 146 valence electrons. The lowest BCUT2D eigenvalue weighted by atomic mass is 9.70. The Morgan fingerprint density at radius 2 is 1.14 bits per heavy atom. The predicted molar refractivity (Wildman–Crippen MR) is 106 cm³/mol. The van der Waals surface area contributed by atoms with Gasteiger partial charge in [0.05, 0.1) is 11.1 Å². The van der Waals surface area contributed by atoms with Crippen molar-refractivity contribution in [1.82, 2.24) is 0 Å². The highest BCUT2D eigenvalue weighted by Gasteiger charge is 2.62. The van der Waals surface area contributed by atoms with E-state index in [9.17, 15) is 9.59 Å². The van der Waals surface area contributed by atoms with Gasteiger partial charge >= 0.3 is 11.9 Å². The van der Waals surface area contributed by atoms with E-state index in [1.165, 1.54) is 0 Å². The van der Waals surface area contributed by atoms with E-state index in [4.69, 9.17) is 9.47 Å². The summed E-state index contributed by atoms with van der Waals surface area (Å²) in [4.78, 5) is 25.5. The molecule has 2 aromatic carbocycles. The molecular weight excluding hydrogens is 352 g/mol. The molecule has 2 aromatic rings. The van der Waals surface area contributed by atoms with Gasteiger partial charge in [-0.1, -0.05) is 56.7 Å². The monoisotopic (exact) mass is 378 g/mol. The van der Waals surface area contributed by atoms with Crippen molar-refractivity contribution in [3.63, 3.8) is 0 Å². The number of carbonyl (C=O) groups is 2. The highest BCUT2D eigenvalue weighted by molar-refractivity contribution is 5.90. The lowest BCUT2D eigenvalue weighted by molar-refractivity contribution is -0.0664. The first-order chi connectivity index (χ1) is 13.4. The maximum absolute atomic E-state index is 12.8. The molecule has 2 saturated carbocycles. The summed E-state index contributed by atoms with van der Waals surface area (Å²) >= 11 is 0. The smallest absolute Gasteiger partial charge is 0.338 e. The first-order valence-corrected chi connectivity index (χ1v) is 9.93. The summed E-state index contributed by atoms with van der Waals surface area (Å²) in [6, 6.07) is 18.0. The molecule has 0 aromatic heterocycles. The molecule has 0 radical (unpaired) electrons. The summed E-state index contributed by atoms with van der Waals surface area (Å²) in [5, 5.41) is 0. The first kappa shape index (κ1) is 18.7. The van der Waals surface area contributed by atoms with Gasteiger partial charge in [-0.15, -0.1) is 0 Å². The number of fused-ring (bicyclic) bond motifs is 2. The Bertz CT molecular complexity index is 791. The molecule has 0 spiro atoms. The van der Waals surface area contributed by atoms with Crippen LogP contribution in [0.25, 0.3) is 0 Å². The van der Waals surface area contributed by atoms with Crippen LogP contribution in [-0.2, 0) is 9.47 Å². The Morgan fingerprint density at radius 3 is 1.54 bits per heavy atom. The molecule has 2 fully saturated rings. The van der Waals surface area contributed by atoms with Crippen molar-refractivity contribution in [2.45, 2.75) is 51.7 Å². The van der Waals surface area contributed by atoms with Crippen LogP contribution in [0.5, 0.6) is 0 Å². The van der Waals surface area contributed by atoms with E-state index in [-0.39, 0.29) is 22.8 Å². The molecule has 0 aliphatic heterocycles. The van der Waals surface area contributed by atoms with E-state index in [0.29, 0.717) is 11.1 Å². The molecule has 4 rings (SSSR count). The molecule has 2 aliphatic carbocycles. The van der Waals surface area contributed by atoms with Gasteiger partial charge < -0.3 is 9.47 Å². The fraction of sp³-hybridized carbons (Fsp3) is 0.417. The van der Waals surface area contributed by atoms with E-state index >= 15 is 0 Å². The number of rotatable bonds is 4. The van der Waals surface area contributed by atoms with Gasteiger partial charge in [-0.3, -0.25) is 0 Å². The van der Waals surface area contributed by atoms with Crippen molar-refractivity contribution in [3.8, 4) is 0 Å². The van der Waals surface area contributed by atoms with Gasteiger partial charge in [0.1, 0.15) is 12.2 Å². The van der Waals surface area contributed by atoms with Gasteiger partial charge in [-0.2, -0.15) is 0 Å². The summed E-state index contributed by atoms with van der Waals surface area (Å²) in [6.45, 7) is 4.31. The minimum Gasteiger partial charge on any atom is -0.454 e. The molecule has 4 nitrogen and oxygen atoms in total. The zero-order chi connectivity index (χ0) is 19.8. The SMILES string of the molecule is CC12CCCC(C)(C1)C(OC(=O)c1ccccc1)C2OC(=O)c1ccccc1. The minimum absolute atomic E-state index is 0.181. The van der Waals surface area contributed by atoms with Crippen LogP contribution in [0.1, 0.15) is 60.2 Å². The second-order valence-corrected chi connectivity index (χ2v) is 8.72. The van der Waals surface area contributed by atoms with Crippen LogP contribution in [-0.4, -0.2) is 24.1 Å². The van der Waals surface area contributed by atoms with Crippen molar-refractivity contribution in [1.29, 1.82) is 0 Å². The van der Waals surface area contributed by atoms with Gasteiger partial charge in [0.2, 0.25) is 0 Å². The second-order valence-electron chi connectivity index (χ2n) is 8.72. The first-order valence-electron chi connectivity index (χ1n) is 9.93. The molecule has 4 heteroatoms. The highest BCUT2D eigenvalue weighted by Crippen LogP contribution is 2.60. The van der Waals surface area contributed by atoms with E-state index in [0.717, 1.165) is 25.7 Å². The van der Waals surface area contributed by atoms with E-state index in [2.05, 4.69) is 13.8 Å². The van der Waals surface area contributed by atoms with Gasteiger partial charge in [-0.05, 0) is 43.5 Å². The van der Waals surface area contributed by atoms with Crippen molar-refractivity contribution in [3.05, 3.63) is 71.8 Å². The van der Waals surface area contributed by atoms with E-state index < -0.39 is 12.2 Å². The fourth-order valence-corrected chi connectivity index (χ4v) is 5.14. The van der Waals surface area contributed by atoms with Gasteiger partial charge in [0.15, 0.2) is 0 Å². The topological polar surface area (TPSA) is 52.6 Å². The summed E-state index contributed by atoms with van der Waals surface area (Å²) < 4.78 is 12.0. The molecule has 4 unspecified atom stereocenters. The van der Waals surface area contributed by atoms with Gasteiger partial charge in [0, 0.05) is 10.8 Å². The summed E-state index contributed by atoms with van der Waals surface area (Å²) in [5.74, 6) is -0.715. The standard InChI is InChI=1S/C24H26O4/c1-23-14-9-15-24(2,16-23)20(28-22(26)18-12-7-4-8-13-18)19(23)27-21(25)17-10-5-3-6-11-17/h3-8,10-13,19-20H,9,14-16H2,1-2H3. The van der Waals surface area contributed by atoms with Crippen LogP contribution < -0.4 is 0 Å². The quantitative estimate of drug-likeness (QED) is 0.700. The van der Waals surface area contributed by atoms with Crippen LogP contribution in [0.3, 0.4) is 0 Å². The van der Waals surface area contributed by atoms with Crippen molar-refractivity contribution in [2.75, 3.05) is 0 Å². The molecule has 2 aliphatic rings. The maximum atomic E-state index is 12.8. The number of benzene rings is 2. The normalized spacial score (nSPS) is 31.2. The van der Waals surface area contributed by atoms with E-state index in [1.54, 1.807) is 24.3 Å². The van der Waals surface area contributed by atoms with Crippen LogP contribution in [0.15, 0.2) is 60.7 Å². The number of hydrogen-bond donors (Lipinski definition) is 0. The van der Waals surface area contributed by atoms with Crippen molar-refractivity contribution in [2.24, 2.45) is 10.8 Å². The summed E-state index contributed by atoms with van der Waals surface area (Å²) in [6.07, 6.45) is 2.98. The van der Waals surface area contributed by atoms with Crippen molar-refractivity contribution < 1.29 is 19.1 Å². The molecule has 0 N–H and O–H groups in total. The Balaban J connectivity index is 1.61. The third-order valence-corrected chi connectivity index (χ3v) is 6.44. The Morgan fingerprint density at radius 1 is 0.750 bits per heavy atom. The number of hydrogen-bond acceptors (Lipinski definition) is 4. The third kappa shape index (κ3) is 3.32. The fourth-order valence-electron chi connectivity index (χ4n) is 5.14. The molecule has 28 heavy (non-hydrogen) atoms. The summed E-state index contributed by atoms with van der Waals surface area (Å²) in [5.41, 5.74) is 0.676. The second kappa shape index (κ2) is 7.08. The van der Waals surface area contributed by atoms with Crippen LogP contribution in [0.4, 0.5) is 0 Å². The lowest BCUT2D eigenvalue weighted by Crippen LogP contribution is -2.42. The van der Waals surface area contributed by atoms with Gasteiger partial charge in [-0.25, -0.2) is 9.59 Å². The number of ether oxygens (including phenoxy) is 2. The average Bonchev–Trinajstić information content (AvgIpc) is 2.84. The van der Waals surface area contributed by atoms with E-state index in [1.807, 2.05) is 36.4 Å². The average molecular weight is 378 g/mol. The Hall–Kier alpha value is -2.62. The molecule has 4 atom stereocenters. The van der Waals surface area contributed by atoms with Crippen LogP contribution in [0.2, 0.25) is 0 Å². The predicted octanol–water partition coefficient (Wildman–Crippen LogP) is 5.04. The summed E-state index contributed by atoms with van der Waals surface area (Å²) in [7, 11) is 0. The molecule has 0 saturated heterocycles. The van der Waals surface area contributed by atoms with Crippen molar-refractivity contribution >= 4 is 11.9 Å². The third-order valence-electron chi connectivity index (χ3n) is 6.44. The Kier molecular flexibility index (Phi) is 4.74. The molecular formula is C24H26O4. The highest BCUT2D eigenvalue weighted by atomic mass is 16.6. The zero-order valence-electron chi connectivity index (χ0n) is 16.4. The molecule has 0 amide bonds. The van der Waals surface area contributed by atoms with Crippen LogP contribution >= 0.6 is 0 Å². The minimum atomic E-state index is -0.444. The molecule has 0 heterocycles. The zero-order valence-corrected chi connectivity index (χ0v) is 16.4. The van der Waals surface area contributed by atoms with Gasteiger partial charge in [0.25, 0.3) is 0 Å². The molecule has 2 bridgehead atoms. The number of esters is 2. The number of carbonyl (C=O) groups excluding carboxylic acids is 2. The van der Waals surface area contributed by atoms with Crippen LogP contribution in [0, 0.1) is 10.8 Å².